The third kappa shape index (κ3) is 2.62. The summed E-state index contributed by atoms with van der Waals surface area (Å²) in [7, 11) is -3.87. The Balaban J connectivity index is 3.19. The summed E-state index contributed by atoms with van der Waals surface area (Å²) in [6, 6.07) is 0. The summed E-state index contributed by atoms with van der Waals surface area (Å²) in [4.78, 5) is -0.0404. The van der Waals surface area contributed by atoms with Crippen LogP contribution in [0.25, 0.3) is 0 Å². The van der Waals surface area contributed by atoms with Gasteiger partial charge in [0, 0.05) is 0 Å². The molecule has 1 rings (SSSR count). The van der Waals surface area contributed by atoms with Crippen LogP contribution in [-0.4, -0.2) is 30.2 Å². The van der Waals surface area contributed by atoms with Gasteiger partial charge in [0.2, 0.25) is 10.0 Å². The lowest BCUT2D eigenvalue weighted by atomic mass is 10.1. The van der Waals surface area contributed by atoms with Crippen molar-refractivity contribution in [2.45, 2.75) is 38.1 Å². The van der Waals surface area contributed by atoms with Crippen LogP contribution in [0.2, 0.25) is 0 Å². The van der Waals surface area contributed by atoms with Crippen molar-refractivity contribution < 1.29 is 18.1 Å². The zero-order valence-electron chi connectivity index (χ0n) is 10.6. The van der Waals surface area contributed by atoms with E-state index in [0.717, 1.165) is 0 Å². The van der Waals surface area contributed by atoms with Crippen molar-refractivity contribution in [2.75, 3.05) is 0 Å². The van der Waals surface area contributed by atoms with Crippen molar-refractivity contribution in [1.29, 1.82) is 0 Å². The molecule has 0 aromatic carbocycles. The number of rotatable bonds is 4. The summed E-state index contributed by atoms with van der Waals surface area (Å²) >= 11 is 0. The molecule has 102 valence electrons. The lowest BCUT2D eigenvalue weighted by Crippen LogP contribution is -2.53. The van der Waals surface area contributed by atoms with Crippen molar-refractivity contribution >= 4 is 15.9 Å². The highest BCUT2D eigenvalue weighted by Crippen LogP contribution is 2.20. The fraction of sp³-hybridized carbons (Fsp3) is 0.556. The SMILES string of the molecule is Cc1noc(C)c1S(=O)(=O)NC(C)(C)/C(N)=N/O. The number of sulfonamides is 1. The minimum Gasteiger partial charge on any atom is -0.409 e. The summed E-state index contributed by atoms with van der Waals surface area (Å²) in [6.07, 6.45) is 0. The number of aryl methyl sites for hydroxylation is 2. The first-order valence-corrected chi connectivity index (χ1v) is 6.55. The number of amidine groups is 1. The van der Waals surface area contributed by atoms with Gasteiger partial charge in [-0.3, -0.25) is 0 Å². The number of hydrogen-bond donors (Lipinski definition) is 3. The lowest BCUT2D eigenvalue weighted by molar-refractivity contribution is 0.312. The first kappa shape index (κ1) is 14.5. The molecule has 0 fully saturated rings. The van der Waals surface area contributed by atoms with Gasteiger partial charge in [0.1, 0.15) is 10.6 Å². The molecule has 0 atom stereocenters. The highest BCUT2D eigenvalue weighted by Gasteiger charge is 2.33. The molecule has 0 aliphatic heterocycles. The van der Waals surface area contributed by atoms with Crippen LogP contribution >= 0.6 is 0 Å². The van der Waals surface area contributed by atoms with Gasteiger partial charge in [-0.05, 0) is 27.7 Å². The molecular weight excluding hydrogens is 260 g/mol. The van der Waals surface area contributed by atoms with Crippen LogP contribution < -0.4 is 10.5 Å². The maximum absolute atomic E-state index is 12.2. The molecule has 9 heteroatoms. The van der Waals surface area contributed by atoms with Gasteiger partial charge < -0.3 is 15.5 Å². The smallest absolute Gasteiger partial charge is 0.246 e. The van der Waals surface area contributed by atoms with Crippen LogP contribution in [0.4, 0.5) is 0 Å². The van der Waals surface area contributed by atoms with Crippen LogP contribution in [0.5, 0.6) is 0 Å². The van der Waals surface area contributed by atoms with Gasteiger partial charge in [-0.15, -0.1) is 0 Å². The number of hydrogen-bond acceptors (Lipinski definition) is 6. The number of oxime groups is 1. The second-order valence-electron chi connectivity index (χ2n) is 4.37. The third-order valence-corrected chi connectivity index (χ3v) is 4.27. The molecule has 0 spiro atoms. The average Bonchev–Trinajstić information content (AvgIpc) is 2.56. The van der Waals surface area contributed by atoms with E-state index in [-0.39, 0.29) is 22.2 Å². The number of nitrogens with zero attached hydrogens (tertiary/aromatic N) is 2. The molecule has 1 aromatic heterocycles. The van der Waals surface area contributed by atoms with Gasteiger partial charge in [-0.2, -0.15) is 4.72 Å². The summed E-state index contributed by atoms with van der Waals surface area (Å²) in [5.41, 5.74) is 4.43. The largest absolute Gasteiger partial charge is 0.409 e. The van der Waals surface area contributed by atoms with E-state index in [4.69, 9.17) is 15.5 Å². The van der Waals surface area contributed by atoms with E-state index in [9.17, 15) is 8.42 Å². The molecule has 1 aromatic rings. The van der Waals surface area contributed by atoms with Gasteiger partial charge in [-0.25, -0.2) is 8.42 Å². The Morgan fingerprint density at radius 3 is 2.44 bits per heavy atom. The van der Waals surface area contributed by atoms with E-state index < -0.39 is 15.6 Å². The molecule has 1 heterocycles. The van der Waals surface area contributed by atoms with E-state index >= 15 is 0 Å². The monoisotopic (exact) mass is 276 g/mol. The highest BCUT2D eigenvalue weighted by atomic mass is 32.2. The molecule has 0 aliphatic rings. The molecule has 0 amide bonds. The molecule has 0 saturated carbocycles. The van der Waals surface area contributed by atoms with E-state index in [1.54, 1.807) is 0 Å². The zero-order valence-corrected chi connectivity index (χ0v) is 11.4. The topological polar surface area (TPSA) is 131 Å². The molecule has 0 unspecified atom stereocenters. The van der Waals surface area contributed by atoms with E-state index in [1.807, 2.05) is 0 Å². The summed E-state index contributed by atoms with van der Waals surface area (Å²) < 4.78 is 31.5. The predicted octanol–water partition coefficient (Wildman–Crippen LogP) is 0.0947. The van der Waals surface area contributed by atoms with E-state index in [1.165, 1.54) is 27.7 Å². The molecular formula is C9H16N4O4S. The van der Waals surface area contributed by atoms with Crippen molar-refractivity contribution in [2.24, 2.45) is 10.9 Å². The summed E-state index contributed by atoms with van der Waals surface area (Å²) in [5, 5.41) is 15.0. The average molecular weight is 276 g/mol. The molecule has 4 N–H and O–H groups in total. The van der Waals surface area contributed by atoms with Crippen LogP contribution in [0.15, 0.2) is 14.6 Å². The Bertz CT molecular complexity index is 554. The standard InChI is InChI=1S/C9H16N4O4S/c1-5-7(6(2)17-12-5)18(15,16)13-9(3,4)8(10)11-14/h13-14H,1-4H3,(H2,10,11). The highest BCUT2D eigenvalue weighted by molar-refractivity contribution is 7.89. The molecule has 0 bridgehead atoms. The first-order chi connectivity index (χ1) is 8.12. The lowest BCUT2D eigenvalue weighted by Gasteiger charge is -2.23. The van der Waals surface area contributed by atoms with Crippen LogP contribution in [0.3, 0.4) is 0 Å². The minimum atomic E-state index is -3.87. The predicted molar refractivity (Wildman–Crippen MR) is 63.8 cm³/mol. The summed E-state index contributed by atoms with van der Waals surface area (Å²) in [5.74, 6) is -0.0758. The Morgan fingerprint density at radius 2 is 2.06 bits per heavy atom. The Labute approximate surface area is 105 Å². The quantitative estimate of drug-likeness (QED) is 0.309. The first-order valence-electron chi connectivity index (χ1n) is 5.06. The van der Waals surface area contributed by atoms with Crippen LogP contribution in [0.1, 0.15) is 25.3 Å². The van der Waals surface area contributed by atoms with Gasteiger partial charge in [0.25, 0.3) is 0 Å². The normalized spacial score (nSPS) is 13.9. The Morgan fingerprint density at radius 1 is 1.50 bits per heavy atom. The van der Waals surface area contributed by atoms with E-state index in [0.29, 0.717) is 0 Å². The third-order valence-electron chi connectivity index (χ3n) is 2.37. The number of nitrogens with one attached hydrogen (secondary N) is 1. The van der Waals surface area contributed by atoms with Crippen LogP contribution in [-0.2, 0) is 10.0 Å². The zero-order chi connectivity index (χ0) is 14.1. The number of nitrogens with two attached hydrogens (primary N) is 1. The van der Waals surface area contributed by atoms with Gasteiger partial charge in [-0.1, -0.05) is 10.3 Å². The fourth-order valence-corrected chi connectivity index (χ4v) is 3.14. The maximum Gasteiger partial charge on any atom is 0.246 e. The second-order valence-corrected chi connectivity index (χ2v) is 5.99. The molecule has 0 aliphatic carbocycles. The second kappa shape index (κ2) is 4.58. The van der Waals surface area contributed by atoms with Gasteiger partial charge >= 0.3 is 0 Å². The molecule has 18 heavy (non-hydrogen) atoms. The molecule has 0 saturated heterocycles. The Hall–Kier alpha value is -1.61. The van der Waals surface area contributed by atoms with E-state index in [2.05, 4.69) is 15.0 Å². The van der Waals surface area contributed by atoms with Gasteiger partial charge in [0.15, 0.2) is 11.6 Å². The van der Waals surface area contributed by atoms with Crippen molar-refractivity contribution in [3.63, 3.8) is 0 Å². The Kier molecular flexibility index (Phi) is 3.67. The summed E-state index contributed by atoms with van der Waals surface area (Å²) in [6.45, 7) is 5.95. The van der Waals surface area contributed by atoms with Crippen molar-refractivity contribution in [3.8, 4) is 0 Å². The van der Waals surface area contributed by atoms with Crippen molar-refractivity contribution in [3.05, 3.63) is 11.5 Å². The van der Waals surface area contributed by atoms with Gasteiger partial charge in [0.05, 0.1) is 5.54 Å². The number of aromatic nitrogens is 1. The maximum atomic E-state index is 12.2. The molecule has 0 radical (unpaired) electrons. The van der Waals surface area contributed by atoms with Crippen LogP contribution in [0, 0.1) is 13.8 Å². The fourth-order valence-electron chi connectivity index (χ4n) is 1.42. The molecule has 8 nitrogen and oxygen atoms in total. The van der Waals surface area contributed by atoms with Crippen molar-refractivity contribution in [1.82, 2.24) is 9.88 Å². The minimum absolute atomic E-state index is 0.0404.